The summed E-state index contributed by atoms with van der Waals surface area (Å²) in [6, 6.07) is 8.27. The molecule has 1 unspecified atom stereocenters. The van der Waals surface area contributed by atoms with E-state index < -0.39 is 0 Å². The molecule has 2 aromatic rings. The summed E-state index contributed by atoms with van der Waals surface area (Å²) in [5, 5.41) is 0.488. The lowest BCUT2D eigenvalue weighted by atomic mass is 10.1. The summed E-state index contributed by atoms with van der Waals surface area (Å²) in [5.41, 5.74) is 0.971. The van der Waals surface area contributed by atoms with Crippen LogP contribution in [0.5, 0.6) is 0 Å². The summed E-state index contributed by atoms with van der Waals surface area (Å²) in [6.07, 6.45) is 2.19. The zero-order valence-electron chi connectivity index (χ0n) is 12.6. The van der Waals surface area contributed by atoms with Gasteiger partial charge in [-0.15, -0.1) is 0 Å². The molecular weight excluding hydrogens is 317 g/mol. The zero-order valence-corrected chi connectivity index (χ0v) is 13.3. The fourth-order valence-electron chi connectivity index (χ4n) is 2.85. The number of benzene rings is 1. The molecule has 1 aromatic carbocycles. The molecule has 4 rings (SSSR count). The van der Waals surface area contributed by atoms with Crippen LogP contribution in [0.25, 0.3) is 0 Å². The van der Waals surface area contributed by atoms with Gasteiger partial charge in [0.2, 0.25) is 0 Å². The highest BCUT2D eigenvalue weighted by molar-refractivity contribution is 6.29. The molecule has 1 aliphatic carbocycles. The quantitative estimate of drug-likeness (QED) is 0.802. The second-order valence-corrected chi connectivity index (χ2v) is 6.43. The number of aromatic nitrogens is 2. The maximum absolute atomic E-state index is 13.1. The largest absolute Gasteiger partial charge is 0.370 e. The van der Waals surface area contributed by atoms with E-state index in [4.69, 9.17) is 16.3 Å². The van der Waals surface area contributed by atoms with Crippen LogP contribution in [0.4, 0.5) is 10.2 Å². The molecule has 1 aromatic heterocycles. The van der Waals surface area contributed by atoms with Gasteiger partial charge in [0, 0.05) is 25.1 Å². The van der Waals surface area contributed by atoms with Gasteiger partial charge in [0.15, 0.2) is 0 Å². The summed E-state index contributed by atoms with van der Waals surface area (Å²) >= 11 is 6.16. The summed E-state index contributed by atoms with van der Waals surface area (Å²) in [5.74, 6) is 1.92. The van der Waals surface area contributed by atoms with Crippen molar-refractivity contribution >= 4 is 17.4 Å². The molecule has 2 aliphatic rings. The van der Waals surface area contributed by atoms with Gasteiger partial charge >= 0.3 is 0 Å². The predicted octanol–water partition coefficient (Wildman–Crippen LogP) is 3.72. The molecule has 23 heavy (non-hydrogen) atoms. The highest BCUT2D eigenvalue weighted by Crippen LogP contribution is 2.39. The Morgan fingerprint density at radius 2 is 1.96 bits per heavy atom. The molecule has 2 heterocycles. The van der Waals surface area contributed by atoms with Gasteiger partial charge in [-0.1, -0.05) is 23.7 Å². The molecule has 1 atom stereocenters. The van der Waals surface area contributed by atoms with Crippen LogP contribution in [0.1, 0.15) is 36.3 Å². The van der Waals surface area contributed by atoms with E-state index >= 15 is 0 Å². The lowest BCUT2D eigenvalue weighted by molar-refractivity contribution is 0.0394. The van der Waals surface area contributed by atoms with Crippen molar-refractivity contribution in [2.45, 2.75) is 24.9 Å². The fourth-order valence-corrected chi connectivity index (χ4v) is 3.03. The normalized spacial score (nSPS) is 21.5. The summed E-state index contributed by atoms with van der Waals surface area (Å²) in [4.78, 5) is 11.2. The molecule has 2 fully saturated rings. The minimum absolute atomic E-state index is 0.0949. The number of morpholine rings is 1. The SMILES string of the molecule is Fc1ccc(C2CN(c3cc(Cl)nc(C4CC4)n3)CCO2)cc1. The van der Waals surface area contributed by atoms with Crippen molar-refractivity contribution in [1.29, 1.82) is 0 Å². The van der Waals surface area contributed by atoms with Crippen molar-refractivity contribution in [2.75, 3.05) is 24.6 Å². The number of anilines is 1. The van der Waals surface area contributed by atoms with Gasteiger partial charge in [0.1, 0.15) is 28.7 Å². The standard InChI is InChI=1S/C17H17ClFN3O/c18-15-9-16(21-17(20-15)12-1-2-12)22-7-8-23-14(10-22)11-3-5-13(19)6-4-11/h3-6,9,12,14H,1-2,7-8,10H2. The smallest absolute Gasteiger partial charge is 0.135 e. The number of nitrogens with zero attached hydrogens (tertiary/aromatic N) is 3. The van der Waals surface area contributed by atoms with E-state index in [2.05, 4.69) is 14.9 Å². The Morgan fingerprint density at radius 1 is 1.17 bits per heavy atom. The van der Waals surface area contributed by atoms with Gasteiger partial charge in [0.05, 0.1) is 6.61 Å². The first-order valence-electron chi connectivity index (χ1n) is 7.85. The van der Waals surface area contributed by atoms with Crippen LogP contribution in [-0.4, -0.2) is 29.7 Å². The van der Waals surface area contributed by atoms with Gasteiger partial charge in [-0.3, -0.25) is 0 Å². The molecule has 1 saturated heterocycles. The molecule has 0 bridgehead atoms. The van der Waals surface area contributed by atoms with Crippen molar-refractivity contribution < 1.29 is 9.13 Å². The average molecular weight is 334 g/mol. The van der Waals surface area contributed by atoms with Crippen molar-refractivity contribution in [1.82, 2.24) is 9.97 Å². The molecule has 0 radical (unpaired) electrons. The molecule has 120 valence electrons. The van der Waals surface area contributed by atoms with Crippen LogP contribution in [0.2, 0.25) is 5.15 Å². The second-order valence-electron chi connectivity index (χ2n) is 6.04. The van der Waals surface area contributed by atoms with Crippen LogP contribution in [0.3, 0.4) is 0 Å². The molecule has 0 N–H and O–H groups in total. The maximum Gasteiger partial charge on any atom is 0.135 e. The minimum atomic E-state index is -0.238. The van der Waals surface area contributed by atoms with Crippen LogP contribution >= 0.6 is 11.6 Å². The summed E-state index contributed by atoms with van der Waals surface area (Å²) in [7, 11) is 0. The number of hydrogen-bond acceptors (Lipinski definition) is 4. The zero-order chi connectivity index (χ0) is 15.8. The summed E-state index contributed by atoms with van der Waals surface area (Å²) in [6.45, 7) is 2.03. The third-order valence-electron chi connectivity index (χ3n) is 4.27. The topological polar surface area (TPSA) is 38.2 Å². The maximum atomic E-state index is 13.1. The van der Waals surface area contributed by atoms with E-state index in [1.807, 2.05) is 0 Å². The van der Waals surface area contributed by atoms with Crippen molar-refractivity contribution in [2.24, 2.45) is 0 Å². The first kappa shape index (κ1) is 14.8. The van der Waals surface area contributed by atoms with Crippen LogP contribution in [-0.2, 0) is 4.74 Å². The van der Waals surface area contributed by atoms with E-state index in [0.717, 1.165) is 36.6 Å². The third-order valence-corrected chi connectivity index (χ3v) is 4.47. The fraction of sp³-hybridized carbons (Fsp3) is 0.412. The minimum Gasteiger partial charge on any atom is -0.370 e. The van der Waals surface area contributed by atoms with Crippen LogP contribution < -0.4 is 4.90 Å². The molecule has 1 saturated carbocycles. The molecule has 0 spiro atoms. The van der Waals surface area contributed by atoms with Crippen molar-refractivity contribution in [3.63, 3.8) is 0 Å². The molecule has 0 amide bonds. The highest BCUT2D eigenvalue weighted by atomic mass is 35.5. The van der Waals surface area contributed by atoms with Gasteiger partial charge in [-0.25, -0.2) is 14.4 Å². The summed E-state index contributed by atoms with van der Waals surface area (Å²) < 4.78 is 18.9. The molecular formula is C17H17ClFN3O. The lowest BCUT2D eigenvalue weighted by Gasteiger charge is -2.34. The Hall–Kier alpha value is -1.72. The third kappa shape index (κ3) is 3.31. The Balaban J connectivity index is 1.56. The predicted molar refractivity (Wildman–Crippen MR) is 86.3 cm³/mol. The number of ether oxygens (including phenoxy) is 1. The monoisotopic (exact) mass is 333 g/mol. The Labute approximate surface area is 139 Å². The Bertz CT molecular complexity index is 705. The number of rotatable bonds is 3. The van der Waals surface area contributed by atoms with E-state index in [1.165, 1.54) is 12.1 Å². The van der Waals surface area contributed by atoms with Crippen LogP contribution in [0, 0.1) is 5.82 Å². The lowest BCUT2D eigenvalue weighted by Crippen LogP contribution is -2.39. The van der Waals surface area contributed by atoms with Gasteiger partial charge in [0.25, 0.3) is 0 Å². The number of hydrogen-bond donors (Lipinski definition) is 0. The molecule has 1 aliphatic heterocycles. The average Bonchev–Trinajstić information content (AvgIpc) is 3.40. The Kier molecular flexibility index (Phi) is 3.91. The van der Waals surface area contributed by atoms with E-state index in [0.29, 0.717) is 24.2 Å². The molecule has 4 nitrogen and oxygen atoms in total. The van der Waals surface area contributed by atoms with Gasteiger partial charge < -0.3 is 9.64 Å². The van der Waals surface area contributed by atoms with Crippen molar-refractivity contribution in [3.8, 4) is 0 Å². The van der Waals surface area contributed by atoms with Gasteiger partial charge in [-0.05, 0) is 30.5 Å². The second kappa shape index (κ2) is 6.06. The van der Waals surface area contributed by atoms with E-state index in [-0.39, 0.29) is 11.9 Å². The van der Waals surface area contributed by atoms with E-state index in [9.17, 15) is 4.39 Å². The van der Waals surface area contributed by atoms with Gasteiger partial charge in [-0.2, -0.15) is 0 Å². The first-order valence-corrected chi connectivity index (χ1v) is 8.23. The number of halogens is 2. The molecule has 6 heteroatoms. The Morgan fingerprint density at radius 3 is 2.70 bits per heavy atom. The van der Waals surface area contributed by atoms with Crippen LogP contribution in [0.15, 0.2) is 30.3 Å². The van der Waals surface area contributed by atoms with E-state index in [1.54, 1.807) is 18.2 Å². The highest BCUT2D eigenvalue weighted by Gasteiger charge is 2.29. The first-order chi connectivity index (χ1) is 11.2. The van der Waals surface area contributed by atoms with Crippen molar-refractivity contribution in [3.05, 3.63) is 52.7 Å².